The Kier molecular flexibility index (Phi) is 4.72. The Bertz CT molecular complexity index is 496. The van der Waals surface area contributed by atoms with Gasteiger partial charge in [0.15, 0.2) is 0 Å². The number of nitrogens with one attached hydrogen (secondary N) is 1. The molecule has 22 heavy (non-hydrogen) atoms. The average molecular weight is 421 g/mol. The number of carbonyl (C=O) groups is 3. The molecule has 3 aliphatic carbocycles. The van der Waals surface area contributed by atoms with Crippen LogP contribution in [0.2, 0.25) is 0 Å². The zero-order valence-electron chi connectivity index (χ0n) is 12.4. The monoisotopic (exact) mass is 421 g/mol. The van der Waals surface area contributed by atoms with Gasteiger partial charge in [-0.05, 0) is 25.8 Å². The number of rotatable bonds is 5. The SMILES string of the molecule is CNCCC(=O)OC1C2CC(C3CCC(=O)C32)C1OC(=O)I. The topological polar surface area (TPSA) is 81.7 Å². The van der Waals surface area contributed by atoms with E-state index in [1.807, 2.05) is 0 Å². The molecule has 0 radical (unpaired) electrons. The van der Waals surface area contributed by atoms with E-state index >= 15 is 0 Å². The van der Waals surface area contributed by atoms with Gasteiger partial charge in [-0.25, -0.2) is 4.79 Å². The Morgan fingerprint density at radius 3 is 2.64 bits per heavy atom. The third-order valence-electron chi connectivity index (χ3n) is 5.36. The van der Waals surface area contributed by atoms with Gasteiger partial charge in [0.1, 0.15) is 18.0 Å². The molecule has 6 atom stereocenters. The standard InChI is InChI=1S/C15H20INO5/c1-17-5-4-11(19)21-14-9-6-8(13(14)22-15(16)20)7-2-3-10(18)12(7)9/h7-9,12-14,17H,2-6H2,1H3. The van der Waals surface area contributed by atoms with Crippen LogP contribution in [0.15, 0.2) is 0 Å². The van der Waals surface area contributed by atoms with Crippen molar-refractivity contribution in [3.05, 3.63) is 0 Å². The number of hydrogen-bond acceptors (Lipinski definition) is 6. The van der Waals surface area contributed by atoms with Crippen LogP contribution < -0.4 is 5.32 Å². The molecule has 1 N–H and O–H groups in total. The van der Waals surface area contributed by atoms with Crippen molar-refractivity contribution in [3.8, 4) is 0 Å². The minimum atomic E-state index is -0.462. The molecule has 122 valence electrons. The molecular formula is C15H20INO5. The Balaban J connectivity index is 1.75. The maximum atomic E-state index is 12.1. The van der Waals surface area contributed by atoms with E-state index in [-0.39, 0.29) is 46.0 Å². The maximum absolute atomic E-state index is 12.1. The largest absolute Gasteiger partial charge is 0.458 e. The summed E-state index contributed by atoms with van der Waals surface area (Å²) in [6.45, 7) is 0.543. The zero-order chi connectivity index (χ0) is 15.9. The number of ether oxygens (including phenoxy) is 2. The summed E-state index contributed by atoms with van der Waals surface area (Å²) < 4.78 is 10.7. The van der Waals surface area contributed by atoms with Crippen molar-refractivity contribution in [2.45, 2.75) is 37.9 Å². The lowest BCUT2D eigenvalue weighted by molar-refractivity contribution is -0.162. The Morgan fingerprint density at radius 2 is 1.95 bits per heavy atom. The second-order valence-corrected chi connectivity index (χ2v) is 7.27. The fourth-order valence-corrected chi connectivity index (χ4v) is 4.92. The molecule has 0 aromatic rings. The number of ketones is 1. The van der Waals surface area contributed by atoms with E-state index in [1.54, 1.807) is 29.6 Å². The second kappa shape index (κ2) is 6.43. The minimum absolute atomic E-state index is 0.00346. The van der Waals surface area contributed by atoms with Gasteiger partial charge in [0.25, 0.3) is 0 Å². The van der Waals surface area contributed by atoms with Crippen LogP contribution in [0.25, 0.3) is 0 Å². The van der Waals surface area contributed by atoms with Crippen molar-refractivity contribution < 1.29 is 23.9 Å². The van der Waals surface area contributed by atoms with Crippen LogP contribution in [0.1, 0.15) is 25.7 Å². The van der Waals surface area contributed by atoms with Gasteiger partial charge in [0.2, 0.25) is 0 Å². The summed E-state index contributed by atoms with van der Waals surface area (Å²) in [5.41, 5.74) is 0. The van der Waals surface area contributed by atoms with E-state index in [1.165, 1.54) is 0 Å². The Hall–Kier alpha value is -0.700. The van der Waals surface area contributed by atoms with Gasteiger partial charge in [-0.3, -0.25) is 9.59 Å². The first-order valence-corrected chi connectivity index (χ1v) is 8.83. The molecule has 0 aromatic heterocycles. The summed E-state index contributed by atoms with van der Waals surface area (Å²) in [6, 6.07) is 0. The lowest BCUT2D eigenvalue weighted by atomic mass is 9.78. The van der Waals surface area contributed by atoms with Crippen LogP contribution in [0, 0.1) is 23.7 Å². The van der Waals surface area contributed by atoms with E-state index in [2.05, 4.69) is 5.32 Å². The highest BCUT2D eigenvalue weighted by Crippen LogP contribution is 2.59. The van der Waals surface area contributed by atoms with E-state index < -0.39 is 6.10 Å². The molecule has 3 aliphatic rings. The first-order valence-electron chi connectivity index (χ1n) is 7.76. The average Bonchev–Trinajstić information content (AvgIpc) is 3.10. The molecule has 3 saturated carbocycles. The van der Waals surface area contributed by atoms with Gasteiger partial charge in [0, 0.05) is 30.7 Å². The third kappa shape index (κ3) is 2.77. The van der Waals surface area contributed by atoms with Crippen LogP contribution in [-0.4, -0.2) is 41.5 Å². The van der Waals surface area contributed by atoms with Crippen LogP contribution >= 0.6 is 22.6 Å². The Labute approximate surface area is 142 Å². The van der Waals surface area contributed by atoms with E-state index in [0.717, 1.165) is 12.8 Å². The highest BCUT2D eigenvalue weighted by atomic mass is 127. The van der Waals surface area contributed by atoms with Crippen LogP contribution in [0.3, 0.4) is 0 Å². The van der Waals surface area contributed by atoms with Crippen molar-refractivity contribution in [2.24, 2.45) is 23.7 Å². The molecule has 6 unspecified atom stereocenters. The molecule has 3 rings (SSSR count). The molecule has 0 spiro atoms. The van der Waals surface area contributed by atoms with Gasteiger partial charge in [-0.1, -0.05) is 0 Å². The molecule has 7 heteroatoms. The number of Topliss-reactive ketones (excluding diaryl/α,β-unsaturated/α-hetero) is 1. The van der Waals surface area contributed by atoms with Crippen molar-refractivity contribution >= 4 is 38.3 Å². The molecular weight excluding hydrogens is 401 g/mol. The van der Waals surface area contributed by atoms with Gasteiger partial charge < -0.3 is 14.8 Å². The maximum Gasteiger partial charge on any atom is 0.367 e. The number of fused-ring (bicyclic) bond motifs is 5. The fraction of sp³-hybridized carbons (Fsp3) is 0.800. The van der Waals surface area contributed by atoms with Gasteiger partial charge in [-0.2, -0.15) is 0 Å². The molecule has 0 aromatic carbocycles. The van der Waals surface area contributed by atoms with Crippen LogP contribution in [0.4, 0.5) is 4.79 Å². The number of halogens is 1. The van der Waals surface area contributed by atoms with E-state index in [9.17, 15) is 14.4 Å². The smallest absolute Gasteiger partial charge is 0.367 e. The summed E-state index contributed by atoms with van der Waals surface area (Å²) >= 11 is 1.61. The molecule has 2 bridgehead atoms. The predicted molar refractivity (Wildman–Crippen MR) is 85.5 cm³/mol. The van der Waals surface area contributed by atoms with Crippen LogP contribution in [0.5, 0.6) is 0 Å². The summed E-state index contributed by atoms with van der Waals surface area (Å²) in [4.78, 5) is 35.5. The lowest BCUT2D eigenvalue weighted by Crippen LogP contribution is -2.46. The van der Waals surface area contributed by atoms with Crippen LogP contribution in [-0.2, 0) is 19.1 Å². The van der Waals surface area contributed by atoms with Crippen molar-refractivity contribution in [3.63, 3.8) is 0 Å². The highest BCUT2D eigenvalue weighted by molar-refractivity contribution is 14.1. The van der Waals surface area contributed by atoms with Gasteiger partial charge in [-0.15, -0.1) is 0 Å². The summed E-state index contributed by atoms with van der Waals surface area (Å²) in [6.07, 6.45) is 1.72. The molecule has 0 amide bonds. The number of hydrogen-bond donors (Lipinski definition) is 1. The zero-order valence-corrected chi connectivity index (χ0v) is 14.6. The van der Waals surface area contributed by atoms with E-state index in [0.29, 0.717) is 18.9 Å². The first-order chi connectivity index (χ1) is 10.5. The third-order valence-corrected chi connectivity index (χ3v) is 5.61. The number of carbonyl (C=O) groups excluding carboxylic acids is 3. The second-order valence-electron chi connectivity index (χ2n) is 6.39. The molecule has 3 fully saturated rings. The predicted octanol–water partition coefficient (Wildman–Crippen LogP) is 1.69. The van der Waals surface area contributed by atoms with Gasteiger partial charge >= 0.3 is 9.95 Å². The van der Waals surface area contributed by atoms with Crippen molar-refractivity contribution in [1.29, 1.82) is 0 Å². The molecule has 0 aliphatic heterocycles. The van der Waals surface area contributed by atoms with Gasteiger partial charge in [0.05, 0.1) is 29.0 Å². The first kappa shape index (κ1) is 16.2. The van der Waals surface area contributed by atoms with Crippen molar-refractivity contribution in [2.75, 3.05) is 13.6 Å². The summed E-state index contributed by atoms with van der Waals surface area (Å²) in [5.74, 6) is 0.449. The van der Waals surface area contributed by atoms with Crippen molar-refractivity contribution in [1.82, 2.24) is 5.32 Å². The Morgan fingerprint density at radius 1 is 1.23 bits per heavy atom. The number of esters is 1. The fourth-order valence-electron chi connectivity index (χ4n) is 4.62. The summed E-state index contributed by atoms with van der Waals surface area (Å²) in [5, 5.41) is 2.90. The van der Waals surface area contributed by atoms with E-state index in [4.69, 9.17) is 9.47 Å². The minimum Gasteiger partial charge on any atom is -0.458 e. The summed E-state index contributed by atoms with van der Waals surface area (Å²) in [7, 11) is 1.77. The molecule has 6 nitrogen and oxygen atoms in total. The molecule has 0 heterocycles. The quantitative estimate of drug-likeness (QED) is 0.414. The highest BCUT2D eigenvalue weighted by Gasteiger charge is 2.64. The normalized spacial score (nSPS) is 38.9. The lowest BCUT2D eigenvalue weighted by Gasteiger charge is -2.36. The molecule has 0 saturated heterocycles.